The number of Topliss-reactive ketones (excluding diaryl/α,β-unsaturated/α-hetero) is 3. The fourth-order valence-corrected chi connectivity index (χ4v) is 7.16. The zero-order valence-electron chi connectivity index (χ0n) is 24.3. The topological polar surface area (TPSA) is 178 Å². The Hall–Kier alpha value is -4.02. The van der Waals surface area contributed by atoms with Gasteiger partial charge in [-0.1, -0.05) is 45.1 Å². The number of phenolic OH excluding ortho intramolecular Hbond substituents is 1. The maximum atomic E-state index is 14.0. The number of rotatable bonds is 5. The summed E-state index contributed by atoms with van der Waals surface area (Å²) in [5, 5.41) is 45.1. The molecule has 1 amide bonds. The Bertz CT molecular complexity index is 1570. The lowest BCUT2D eigenvalue weighted by atomic mass is 9.57. The zero-order chi connectivity index (χ0) is 31.0. The van der Waals surface area contributed by atoms with E-state index in [0.29, 0.717) is 23.1 Å². The molecule has 1 fully saturated rings. The summed E-state index contributed by atoms with van der Waals surface area (Å²) in [6.45, 7) is 5.95. The summed E-state index contributed by atoms with van der Waals surface area (Å²) in [4.78, 5) is 54.2. The van der Waals surface area contributed by atoms with E-state index in [2.05, 4.69) is 0 Å². The predicted molar refractivity (Wildman–Crippen MR) is 154 cm³/mol. The maximum Gasteiger partial charge on any atom is 0.255 e. The van der Waals surface area contributed by atoms with Crippen molar-refractivity contribution in [1.82, 2.24) is 4.90 Å². The summed E-state index contributed by atoms with van der Waals surface area (Å²) in [6.07, 6.45) is 5.93. The highest BCUT2D eigenvalue weighted by molar-refractivity contribution is 6.24. The van der Waals surface area contributed by atoms with Gasteiger partial charge in [-0.05, 0) is 61.0 Å². The molecule has 4 aliphatic carbocycles. The van der Waals surface area contributed by atoms with E-state index in [9.17, 15) is 39.6 Å². The van der Waals surface area contributed by atoms with Crippen molar-refractivity contribution in [3.8, 4) is 5.75 Å². The van der Waals surface area contributed by atoms with Gasteiger partial charge >= 0.3 is 0 Å². The Balaban J connectivity index is 1.66. The van der Waals surface area contributed by atoms with Gasteiger partial charge in [-0.3, -0.25) is 24.1 Å². The predicted octanol–water partition coefficient (Wildman–Crippen LogP) is 2.54. The third-order valence-corrected chi connectivity index (χ3v) is 8.88. The number of aromatic hydroxyl groups is 1. The molecular weight excluding hydrogens is 540 g/mol. The number of amides is 1. The lowest BCUT2D eigenvalue weighted by molar-refractivity contribution is -0.153. The van der Waals surface area contributed by atoms with E-state index in [0.717, 1.165) is 0 Å². The van der Waals surface area contributed by atoms with Crippen LogP contribution in [0.4, 0.5) is 0 Å². The monoisotopic (exact) mass is 576 g/mol. The van der Waals surface area contributed by atoms with Crippen molar-refractivity contribution >= 4 is 34.6 Å². The van der Waals surface area contributed by atoms with Gasteiger partial charge in [0.05, 0.1) is 17.5 Å². The van der Waals surface area contributed by atoms with Crippen molar-refractivity contribution in [1.29, 1.82) is 0 Å². The second kappa shape index (κ2) is 9.78. The van der Waals surface area contributed by atoms with Crippen molar-refractivity contribution in [3.63, 3.8) is 0 Å². The molecule has 5 rings (SSSR count). The van der Waals surface area contributed by atoms with E-state index in [1.807, 2.05) is 32.9 Å². The number of phenols is 1. The average molecular weight is 577 g/mol. The van der Waals surface area contributed by atoms with Crippen molar-refractivity contribution in [2.24, 2.45) is 28.9 Å². The molecule has 10 heteroatoms. The van der Waals surface area contributed by atoms with Crippen LogP contribution in [-0.2, 0) is 25.6 Å². The molecule has 0 bridgehead atoms. The molecule has 5 atom stereocenters. The van der Waals surface area contributed by atoms with Gasteiger partial charge in [0.2, 0.25) is 5.78 Å². The Morgan fingerprint density at radius 1 is 1.12 bits per heavy atom. The van der Waals surface area contributed by atoms with E-state index in [4.69, 9.17) is 5.73 Å². The molecule has 10 nitrogen and oxygen atoms in total. The molecule has 0 radical (unpaired) electrons. The molecule has 6 N–H and O–H groups in total. The molecule has 1 aromatic carbocycles. The highest BCUT2D eigenvalue weighted by Crippen LogP contribution is 2.53. The fraction of sp³-hybridized carbons (Fsp3) is 0.438. The number of aliphatic hydroxyl groups excluding tert-OH is 2. The summed E-state index contributed by atoms with van der Waals surface area (Å²) in [5.41, 5.74) is 3.27. The first-order chi connectivity index (χ1) is 19.5. The Kier molecular flexibility index (Phi) is 6.86. The van der Waals surface area contributed by atoms with Gasteiger partial charge < -0.3 is 26.2 Å². The van der Waals surface area contributed by atoms with Crippen LogP contribution >= 0.6 is 0 Å². The van der Waals surface area contributed by atoms with Gasteiger partial charge in [0, 0.05) is 17.9 Å². The molecule has 4 aliphatic rings. The van der Waals surface area contributed by atoms with Gasteiger partial charge in [0.1, 0.15) is 28.6 Å². The van der Waals surface area contributed by atoms with E-state index in [-0.39, 0.29) is 40.9 Å². The number of allylic oxidation sites excluding steroid dienone is 4. The first-order valence-electron chi connectivity index (χ1n) is 13.9. The first-order valence-corrected chi connectivity index (χ1v) is 13.9. The molecule has 0 aliphatic heterocycles. The van der Waals surface area contributed by atoms with Gasteiger partial charge in [0.25, 0.3) is 5.91 Å². The molecule has 222 valence electrons. The average Bonchev–Trinajstić information content (AvgIpc) is 3.35. The number of likely N-dealkylation sites (N-methyl/N-ethyl adjacent to an activating group) is 1. The molecule has 1 aromatic rings. The molecule has 0 saturated heterocycles. The molecule has 0 spiro atoms. The minimum atomic E-state index is -2.69. The van der Waals surface area contributed by atoms with Crippen LogP contribution in [0.5, 0.6) is 5.75 Å². The SMILES string of the molecule is CN(C)C1C(=O)C(C(N)=O)=C(O)[C@]2(O)C(=O)C3=C(O)c4c(O)ccc(C5=CC=CC5C(=O)CC(C)(C)C)c4C[C@@H]3C[C@H]12. The van der Waals surface area contributed by atoms with Gasteiger partial charge in [-0.25, -0.2) is 0 Å². The van der Waals surface area contributed by atoms with Crippen LogP contribution in [0.15, 0.2) is 47.3 Å². The van der Waals surface area contributed by atoms with Crippen molar-refractivity contribution in [2.75, 3.05) is 14.1 Å². The Labute approximate surface area is 243 Å². The number of benzene rings is 1. The van der Waals surface area contributed by atoms with Crippen LogP contribution in [0.25, 0.3) is 11.3 Å². The molecule has 42 heavy (non-hydrogen) atoms. The summed E-state index contributed by atoms with van der Waals surface area (Å²) >= 11 is 0. The normalized spacial score (nSPS) is 29.0. The molecule has 0 heterocycles. The largest absolute Gasteiger partial charge is 0.508 e. The second-order valence-corrected chi connectivity index (χ2v) is 13.1. The van der Waals surface area contributed by atoms with E-state index in [1.54, 1.807) is 26.2 Å². The molecule has 0 aromatic heterocycles. The zero-order valence-corrected chi connectivity index (χ0v) is 24.3. The number of hydrogen-bond donors (Lipinski definition) is 5. The number of fused-ring (bicyclic) bond motifs is 3. The minimum Gasteiger partial charge on any atom is -0.508 e. The number of ketones is 3. The van der Waals surface area contributed by atoms with Crippen molar-refractivity contribution in [3.05, 3.63) is 64.0 Å². The number of carbonyl (C=O) groups is 4. The Morgan fingerprint density at radius 2 is 1.79 bits per heavy atom. The van der Waals surface area contributed by atoms with E-state index < -0.39 is 64.0 Å². The summed E-state index contributed by atoms with van der Waals surface area (Å²) < 4.78 is 0. The second-order valence-electron chi connectivity index (χ2n) is 13.1. The van der Waals surface area contributed by atoms with Crippen LogP contribution in [0, 0.1) is 23.2 Å². The summed E-state index contributed by atoms with van der Waals surface area (Å²) in [5.74, 6) is -7.49. The summed E-state index contributed by atoms with van der Waals surface area (Å²) in [6, 6.07) is 1.90. The van der Waals surface area contributed by atoms with E-state index in [1.165, 1.54) is 11.0 Å². The number of aliphatic hydroxyl groups is 3. The maximum absolute atomic E-state index is 14.0. The third-order valence-electron chi connectivity index (χ3n) is 8.88. The first kappa shape index (κ1) is 29.5. The lowest BCUT2D eigenvalue weighted by Crippen LogP contribution is -2.65. The van der Waals surface area contributed by atoms with Crippen molar-refractivity contribution in [2.45, 2.75) is 51.7 Å². The molecular formula is C32H36N2O8. The fourth-order valence-electron chi connectivity index (χ4n) is 7.16. The number of carbonyl (C=O) groups excluding carboxylic acids is 4. The number of primary amides is 1. The van der Waals surface area contributed by atoms with Gasteiger partial charge in [-0.15, -0.1) is 0 Å². The smallest absolute Gasteiger partial charge is 0.255 e. The van der Waals surface area contributed by atoms with Gasteiger partial charge in [-0.2, -0.15) is 0 Å². The van der Waals surface area contributed by atoms with Crippen LogP contribution in [0.1, 0.15) is 50.3 Å². The minimum absolute atomic E-state index is 0.00129. The van der Waals surface area contributed by atoms with Crippen LogP contribution in [0.3, 0.4) is 0 Å². The van der Waals surface area contributed by atoms with Gasteiger partial charge in [0.15, 0.2) is 11.4 Å². The summed E-state index contributed by atoms with van der Waals surface area (Å²) in [7, 11) is 3.11. The molecule has 1 saturated carbocycles. The van der Waals surface area contributed by atoms with Crippen LogP contribution in [-0.4, -0.2) is 74.3 Å². The van der Waals surface area contributed by atoms with Crippen molar-refractivity contribution < 1.29 is 39.6 Å². The highest BCUT2D eigenvalue weighted by atomic mass is 16.3. The quantitative estimate of drug-likeness (QED) is 0.329. The van der Waals surface area contributed by atoms with Crippen LogP contribution in [0.2, 0.25) is 0 Å². The molecule has 2 unspecified atom stereocenters. The third kappa shape index (κ3) is 4.23. The number of nitrogens with zero attached hydrogens (tertiary/aromatic N) is 1. The Morgan fingerprint density at radius 3 is 2.38 bits per heavy atom. The van der Waals surface area contributed by atoms with E-state index >= 15 is 0 Å². The van der Waals surface area contributed by atoms with Crippen LogP contribution < -0.4 is 5.73 Å². The number of hydrogen-bond acceptors (Lipinski definition) is 9. The lowest BCUT2D eigenvalue weighted by Gasteiger charge is -2.50. The highest BCUT2D eigenvalue weighted by Gasteiger charge is 2.64. The standard InChI is InChI=1S/C32H36N2O8/c1-31(2,3)13-21(36)17-8-6-7-15(17)16-9-10-20(35)23-18(16)11-14-12-19-25(34(4)5)27(38)24(30(33)41)29(40)32(19,42)28(39)22(14)26(23)37/h6-10,14,17,19,25,35,37,40,42H,11-13H2,1-5H3,(H2,33,41)/t14-,17?,19-,25?,32-/m1/s1. The number of nitrogens with two attached hydrogens (primary N) is 1.